The summed E-state index contributed by atoms with van der Waals surface area (Å²) >= 11 is 1.68. The van der Waals surface area contributed by atoms with E-state index in [1.807, 2.05) is 54.6 Å². The highest BCUT2D eigenvalue weighted by Crippen LogP contribution is 2.34. The lowest BCUT2D eigenvalue weighted by Crippen LogP contribution is -2.40. The van der Waals surface area contributed by atoms with Crippen LogP contribution < -0.4 is 10.4 Å². The molecule has 4 aromatic carbocycles. The van der Waals surface area contributed by atoms with Gasteiger partial charge in [0.15, 0.2) is 0 Å². The summed E-state index contributed by atoms with van der Waals surface area (Å²) in [4.78, 5) is 2.15. The smallest absolute Gasteiger partial charge is 0.131 e. The Morgan fingerprint density at radius 2 is 1.04 bits per heavy atom. The second kappa shape index (κ2) is 14.8. The number of benzene rings is 4. The van der Waals surface area contributed by atoms with Crippen LogP contribution in [-0.4, -0.2) is 11.4 Å². The van der Waals surface area contributed by atoms with E-state index in [1.54, 1.807) is 17.4 Å². The molecule has 0 atom stereocenters. The zero-order valence-electron chi connectivity index (χ0n) is 28.5. The van der Waals surface area contributed by atoms with E-state index in [1.165, 1.54) is 24.0 Å². The lowest BCUT2D eigenvalue weighted by atomic mass is 9.85. The van der Waals surface area contributed by atoms with Crippen molar-refractivity contribution in [3.05, 3.63) is 141 Å². The van der Waals surface area contributed by atoms with Gasteiger partial charge in [0.1, 0.15) is 5.82 Å². The Labute approximate surface area is 288 Å². The van der Waals surface area contributed by atoms with Crippen molar-refractivity contribution < 1.29 is 4.39 Å². The monoisotopic (exact) mass is 652 g/mol. The molecule has 0 fully saturated rings. The third-order valence-electron chi connectivity index (χ3n) is 10.2. The predicted molar refractivity (Wildman–Crippen MR) is 203 cm³/mol. The van der Waals surface area contributed by atoms with Gasteiger partial charge in [-0.2, -0.15) is 0 Å². The molecule has 0 radical (unpaired) electrons. The van der Waals surface area contributed by atoms with Crippen molar-refractivity contribution in [2.24, 2.45) is 11.8 Å². The van der Waals surface area contributed by atoms with Crippen molar-refractivity contribution in [1.82, 2.24) is 0 Å². The maximum atomic E-state index is 15.3. The molecule has 48 heavy (non-hydrogen) atoms. The highest BCUT2D eigenvalue weighted by molar-refractivity contribution is 7.17. The molecule has 1 aliphatic rings. The molecule has 0 saturated heterocycles. The van der Waals surface area contributed by atoms with Gasteiger partial charge in [-0.15, -0.1) is 11.3 Å². The van der Waals surface area contributed by atoms with Crippen LogP contribution in [0.1, 0.15) is 74.9 Å². The van der Waals surface area contributed by atoms with Crippen LogP contribution in [-0.2, 0) is 12.8 Å². The van der Waals surface area contributed by atoms with Crippen LogP contribution in [0.25, 0.3) is 32.7 Å². The van der Waals surface area contributed by atoms with Gasteiger partial charge >= 0.3 is 0 Å². The first-order valence-electron chi connectivity index (χ1n) is 17.5. The molecule has 0 spiro atoms. The first-order chi connectivity index (χ1) is 23.3. The minimum Gasteiger partial charge on any atom is -0.298 e. The van der Waals surface area contributed by atoms with E-state index in [2.05, 4.69) is 70.2 Å². The highest BCUT2D eigenvalue weighted by Gasteiger charge is 2.25. The number of hydrogen-bond acceptors (Lipinski definition) is 3. The molecule has 0 aliphatic heterocycles. The molecule has 1 aliphatic carbocycles. The molecular formula is C44H45FN2S. The quantitative estimate of drug-likeness (QED) is 0.135. The summed E-state index contributed by atoms with van der Waals surface area (Å²) in [5.74, 6) is 1.08. The van der Waals surface area contributed by atoms with E-state index in [4.69, 9.17) is 0 Å². The molecule has 0 unspecified atom stereocenters. The lowest BCUT2D eigenvalue weighted by molar-refractivity contribution is 0.489. The highest BCUT2D eigenvalue weighted by atomic mass is 32.1. The van der Waals surface area contributed by atoms with Crippen molar-refractivity contribution in [3.63, 3.8) is 0 Å². The zero-order valence-corrected chi connectivity index (χ0v) is 29.3. The fourth-order valence-electron chi connectivity index (χ4n) is 6.98. The second-order valence-electron chi connectivity index (χ2n) is 13.1. The van der Waals surface area contributed by atoms with Gasteiger partial charge in [-0.3, -0.25) is 10.8 Å². The summed E-state index contributed by atoms with van der Waals surface area (Å²) in [6.45, 7) is 8.92. The minimum atomic E-state index is -0.205. The van der Waals surface area contributed by atoms with E-state index < -0.39 is 0 Å². The number of fused-ring (bicyclic) bond motifs is 1. The Hall–Kier alpha value is -4.41. The van der Waals surface area contributed by atoms with E-state index in [0.29, 0.717) is 11.5 Å². The summed E-state index contributed by atoms with van der Waals surface area (Å²) in [5, 5.41) is 20.3. The normalized spacial score (nSPS) is 13.1. The van der Waals surface area contributed by atoms with Gasteiger partial charge < -0.3 is 0 Å². The van der Waals surface area contributed by atoms with Crippen LogP contribution in [0.5, 0.6) is 0 Å². The summed E-state index contributed by atoms with van der Waals surface area (Å²) in [6.07, 6.45) is 6.59. The Kier molecular flexibility index (Phi) is 10.3. The first kappa shape index (κ1) is 33.5. The summed E-state index contributed by atoms with van der Waals surface area (Å²) in [6, 6.07) is 34.7. The van der Waals surface area contributed by atoms with Crippen molar-refractivity contribution in [3.8, 4) is 21.6 Å². The third-order valence-corrected chi connectivity index (χ3v) is 11.3. The maximum absolute atomic E-state index is 15.3. The zero-order chi connectivity index (χ0) is 33.8. The van der Waals surface area contributed by atoms with Gasteiger partial charge in [0.25, 0.3) is 0 Å². The molecular weight excluding hydrogens is 608 g/mol. The fourth-order valence-corrected chi connectivity index (χ4v) is 8.06. The van der Waals surface area contributed by atoms with Crippen LogP contribution in [0.15, 0.2) is 103 Å². The van der Waals surface area contributed by atoms with Crippen molar-refractivity contribution in [1.29, 1.82) is 10.8 Å². The Bertz CT molecular complexity index is 2060. The molecule has 0 amide bonds. The van der Waals surface area contributed by atoms with Crippen LogP contribution in [0.2, 0.25) is 0 Å². The minimum absolute atomic E-state index is 0.203. The van der Waals surface area contributed by atoms with Gasteiger partial charge in [0.2, 0.25) is 0 Å². The van der Waals surface area contributed by atoms with Crippen molar-refractivity contribution >= 4 is 33.9 Å². The predicted octanol–water partition coefficient (Wildman–Crippen LogP) is 10.6. The van der Waals surface area contributed by atoms with Gasteiger partial charge in [-0.05, 0) is 81.1 Å². The fraction of sp³-hybridized carbons (Fsp3) is 0.273. The van der Waals surface area contributed by atoms with Crippen LogP contribution in [0.4, 0.5) is 4.39 Å². The topological polar surface area (TPSA) is 47.7 Å². The summed E-state index contributed by atoms with van der Waals surface area (Å²) < 4.78 is 15.3. The molecule has 2 N–H and O–H groups in total. The van der Waals surface area contributed by atoms with E-state index in [-0.39, 0.29) is 17.2 Å². The molecule has 4 heteroatoms. The number of nitrogens with one attached hydrogen (secondary N) is 2. The van der Waals surface area contributed by atoms with Crippen molar-refractivity contribution in [2.45, 2.75) is 66.2 Å². The van der Waals surface area contributed by atoms with Gasteiger partial charge in [-0.1, -0.05) is 138 Å². The molecule has 0 saturated carbocycles. The molecule has 6 rings (SSSR count). The van der Waals surface area contributed by atoms with E-state index in [0.717, 1.165) is 79.6 Å². The number of thiophene rings is 1. The molecule has 5 aromatic rings. The molecule has 2 nitrogen and oxygen atoms in total. The average Bonchev–Trinajstić information content (AvgIpc) is 3.60. The number of halogens is 1. The van der Waals surface area contributed by atoms with Crippen molar-refractivity contribution in [2.75, 3.05) is 0 Å². The van der Waals surface area contributed by atoms with Gasteiger partial charge in [-0.25, -0.2) is 4.39 Å². The van der Waals surface area contributed by atoms with Crippen LogP contribution in [0, 0.1) is 28.5 Å². The molecule has 244 valence electrons. The summed E-state index contributed by atoms with van der Waals surface area (Å²) in [7, 11) is 0. The lowest BCUT2D eigenvalue weighted by Gasteiger charge is -2.19. The Morgan fingerprint density at radius 3 is 1.65 bits per heavy atom. The van der Waals surface area contributed by atoms with Crippen LogP contribution in [0.3, 0.4) is 0 Å². The molecule has 1 aromatic heterocycles. The standard InChI is InChI=1S/C44H45FN2S/c1-5-28(6-2)25-30-13-16-33(17-14-30)39-23-24-40(48-39)42-37-12-10-9-11-36(37)41(43(46)44(42)47)34-20-18-32(19-21-34)35-22-15-31(27-38(35)45)26-29(7-3)8-4/h9-24,27-29,46-47H,5-8,25-26H2,1-4H3. The largest absolute Gasteiger partial charge is 0.298 e. The van der Waals surface area contributed by atoms with Crippen LogP contribution >= 0.6 is 11.3 Å². The van der Waals surface area contributed by atoms with Gasteiger partial charge in [0, 0.05) is 26.5 Å². The maximum Gasteiger partial charge on any atom is 0.131 e. The molecule has 1 heterocycles. The SMILES string of the molecule is CCC(CC)Cc1ccc(-c2ccc(C3=c4ccccc4=C(c4ccc(-c5ccc(CC(CC)CC)cc5F)cc4)C(=N)C3=N)s2)cc1. The van der Waals surface area contributed by atoms with Gasteiger partial charge in [0.05, 0.1) is 11.4 Å². The second-order valence-corrected chi connectivity index (χ2v) is 14.2. The van der Waals surface area contributed by atoms with E-state index >= 15 is 4.39 Å². The first-order valence-corrected chi connectivity index (χ1v) is 18.3. The summed E-state index contributed by atoms with van der Waals surface area (Å²) in [5.41, 5.74) is 7.79. The third kappa shape index (κ3) is 6.77. The number of rotatable bonds is 12. The Balaban J connectivity index is 1.33. The Morgan fingerprint density at radius 1 is 0.542 bits per heavy atom. The number of hydrogen-bond donors (Lipinski definition) is 2. The average molecular weight is 653 g/mol. The van der Waals surface area contributed by atoms with E-state index in [9.17, 15) is 10.8 Å². The molecule has 0 bridgehead atoms.